The van der Waals surface area contributed by atoms with Gasteiger partial charge in [-0.2, -0.15) is 0 Å². The summed E-state index contributed by atoms with van der Waals surface area (Å²) in [6.07, 6.45) is 8.58. The number of benzene rings is 1. The lowest BCUT2D eigenvalue weighted by atomic mass is 10.0. The molecule has 1 N–H and O–H groups in total. The number of carbonyl (C=O) groups is 2. The van der Waals surface area contributed by atoms with Crippen LogP contribution in [0.25, 0.3) is 6.08 Å². The SMILES string of the molecule is O=C1CCc2cc(C=CC(=O)N3CC4CC(Oc5ccccc5)CC4C3)cnc2N1. The molecule has 0 bridgehead atoms. The van der Waals surface area contributed by atoms with Crippen molar-refractivity contribution >= 4 is 23.7 Å². The van der Waals surface area contributed by atoms with Gasteiger partial charge in [0.05, 0.1) is 6.10 Å². The van der Waals surface area contributed by atoms with E-state index in [-0.39, 0.29) is 17.9 Å². The van der Waals surface area contributed by atoms with Crippen LogP contribution in [0, 0.1) is 11.8 Å². The molecule has 1 aromatic carbocycles. The number of amides is 2. The highest BCUT2D eigenvalue weighted by Crippen LogP contribution is 2.39. The summed E-state index contributed by atoms with van der Waals surface area (Å²) < 4.78 is 6.11. The quantitative estimate of drug-likeness (QED) is 0.795. The van der Waals surface area contributed by atoms with Gasteiger partial charge in [-0.1, -0.05) is 18.2 Å². The zero-order valence-electron chi connectivity index (χ0n) is 16.8. The maximum Gasteiger partial charge on any atom is 0.246 e. The highest BCUT2D eigenvalue weighted by molar-refractivity contribution is 5.94. The van der Waals surface area contributed by atoms with Crippen molar-refractivity contribution in [3.8, 4) is 5.75 Å². The van der Waals surface area contributed by atoms with Crippen molar-refractivity contribution in [1.29, 1.82) is 0 Å². The zero-order valence-corrected chi connectivity index (χ0v) is 16.8. The van der Waals surface area contributed by atoms with Crippen molar-refractivity contribution in [3.05, 3.63) is 59.8 Å². The molecule has 2 unspecified atom stereocenters. The number of hydrogen-bond acceptors (Lipinski definition) is 4. The van der Waals surface area contributed by atoms with Gasteiger partial charge in [0.1, 0.15) is 11.6 Å². The van der Waals surface area contributed by atoms with Crippen LogP contribution in [0.1, 0.15) is 30.4 Å². The lowest BCUT2D eigenvalue weighted by Crippen LogP contribution is -2.29. The van der Waals surface area contributed by atoms with Gasteiger partial charge in [-0.3, -0.25) is 9.59 Å². The van der Waals surface area contributed by atoms with Gasteiger partial charge in [0.25, 0.3) is 0 Å². The number of anilines is 1. The summed E-state index contributed by atoms with van der Waals surface area (Å²) in [4.78, 5) is 30.4. The van der Waals surface area contributed by atoms with E-state index in [4.69, 9.17) is 4.74 Å². The minimum absolute atomic E-state index is 0.00413. The number of nitrogens with zero attached hydrogens (tertiary/aromatic N) is 2. The minimum atomic E-state index is 0.00413. The molecule has 2 amide bonds. The first-order valence-corrected chi connectivity index (χ1v) is 10.6. The first-order chi connectivity index (χ1) is 14.6. The Labute approximate surface area is 175 Å². The smallest absolute Gasteiger partial charge is 0.246 e. The van der Waals surface area contributed by atoms with Crippen molar-refractivity contribution in [1.82, 2.24) is 9.88 Å². The van der Waals surface area contributed by atoms with Crippen molar-refractivity contribution in [2.24, 2.45) is 11.8 Å². The first-order valence-electron chi connectivity index (χ1n) is 10.6. The van der Waals surface area contributed by atoms with Crippen LogP contribution in [-0.4, -0.2) is 40.9 Å². The fraction of sp³-hybridized carbons (Fsp3) is 0.375. The Hall–Kier alpha value is -3.15. The van der Waals surface area contributed by atoms with Gasteiger partial charge < -0.3 is 15.0 Å². The second-order valence-electron chi connectivity index (χ2n) is 8.45. The number of pyridine rings is 1. The Morgan fingerprint density at radius 1 is 1.13 bits per heavy atom. The van der Waals surface area contributed by atoms with E-state index in [1.54, 1.807) is 12.3 Å². The van der Waals surface area contributed by atoms with E-state index in [9.17, 15) is 9.59 Å². The summed E-state index contributed by atoms with van der Waals surface area (Å²) in [5.74, 6) is 2.65. The fourth-order valence-electron chi connectivity index (χ4n) is 4.85. The van der Waals surface area contributed by atoms with E-state index in [1.165, 1.54) is 0 Å². The third-order valence-electron chi connectivity index (χ3n) is 6.35. The molecular weight excluding hydrogens is 378 g/mol. The van der Waals surface area contributed by atoms with Gasteiger partial charge in [-0.15, -0.1) is 0 Å². The van der Waals surface area contributed by atoms with Gasteiger partial charge in [-0.05, 0) is 66.5 Å². The molecule has 5 rings (SSSR count). The zero-order chi connectivity index (χ0) is 20.5. The number of aromatic nitrogens is 1. The van der Waals surface area contributed by atoms with Crippen LogP contribution in [0.2, 0.25) is 0 Å². The number of fused-ring (bicyclic) bond motifs is 2. The maximum absolute atomic E-state index is 12.7. The predicted molar refractivity (Wildman–Crippen MR) is 114 cm³/mol. The summed E-state index contributed by atoms with van der Waals surface area (Å²) in [6.45, 7) is 1.61. The highest BCUT2D eigenvalue weighted by Gasteiger charge is 2.42. The van der Waals surface area contributed by atoms with E-state index >= 15 is 0 Å². The molecule has 1 aromatic heterocycles. The third-order valence-corrected chi connectivity index (χ3v) is 6.35. The predicted octanol–water partition coefficient (Wildman–Crippen LogP) is 3.30. The molecule has 0 spiro atoms. The van der Waals surface area contributed by atoms with Gasteiger partial charge in [-0.25, -0.2) is 4.98 Å². The number of ether oxygens (including phenoxy) is 1. The molecule has 2 fully saturated rings. The van der Waals surface area contributed by atoms with Crippen LogP contribution in [0.4, 0.5) is 5.82 Å². The Balaban J connectivity index is 1.16. The topological polar surface area (TPSA) is 71.5 Å². The van der Waals surface area contributed by atoms with Gasteiger partial charge in [0.2, 0.25) is 11.8 Å². The van der Waals surface area contributed by atoms with Crippen molar-refractivity contribution in [3.63, 3.8) is 0 Å². The second-order valence-corrected chi connectivity index (χ2v) is 8.45. The molecule has 6 nitrogen and oxygen atoms in total. The Kier molecular flexibility index (Phi) is 4.99. The number of para-hydroxylation sites is 1. The number of carbonyl (C=O) groups excluding carboxylic acids is 2. The summed E-state index contributed by atoms with van der Waals surface area (Å²) in [6, 6.07) is 12.0. The molecule has 2 atom stereocenters. The van der Waals surface area contributed by atoms with E-state index in [0.717, 1.165) is 42.8 Å². The van der Waals surface area contributed by atoms with Crippen LogP contribution < -0.4 is 10.1 Å². The summed E-state index contributed by atoms with van der Waals surface area (Å²) >= 11 is 0. The van der Waals surface area contributed by atoms with Crippen LogP contribution in [0.5, 0.6) is 5.75 Å². The molecular formula is C24H25N3O3. The Morgan fingerprint density at radius 3 is 2.67 bits per heavy atom. The van der Waals surface area contributed by atoms with Crippen LogP contribution in [0.15, 0.2) is 48.7 Å². The summed E-state index contributed by atoms with van der Waals surface area (Å²) in [5.41, 5.74) is 1.90. The molecule has 3 heterocycles. The lowest BCUT2D eigenvalue weighted by Gasteiger charge is -2.19. The fourth-order valence-corrected chi connectivity index (χ4v) is 4.85. The van der Waals surface area contributed by atoms with Crippen molar-refractivity contribution in [2.75, 3.05) is 18.4 Å². The van der Waals surface area contributed by atoms with Gasteiger partial charge in [0.15, 0.2) is 0 Å². The largest absolute Gasteiger partial charge is 0.490 e. The number of rotatable bonds is 4. The Bertz CT molecular complexity index is 974. The summed E-state index contributed by atoms with van der Waals surface area (Å²) in [7, 11) is 0. The molecule has 3 aliphatic rings. The highest BCUT2D eigenvalue weighted by atomic mass is 16.5. The first kappa shape index (κ1) is 18.9. The van der Waals surface area contributed by atoms with E-state index < -0.39 is 0 Å². The molecule has 1 saturated carbocycles. The van der Waals surface area contributed by atoms with Crippen molar-refractivity contribution in [2.45, 2.75) is 31.8 Å². The standard InChI is InChI=1S/C24H25N3O3/c28-22-8-7-17-10-16(13-25-24(17)26-22)6-9-23(29)27-14-18-11-21(12-19(18)15-27)30-20-4-2-1-3-5-20/h1-6,9-10,13,18-19,21H,7-8,11-12,14-15H2,(H,25,26,28). The van der Waals surface area contributed by atoms with Crippen LogP contribution >= 0.6 is 0 Å². The second kappa shape index (κ2) is 7.94. The maximum atomic E-state index is 12.7. The minimum Gasteiger partial charge on any atom is -0.490 e. The van der Waals surface area contributed by atoms with E-state index in [2.05, 4.69) is 10.3 Å². The monoisotopic (exact) mass is 403 g/mol. The molecule has 2 aromatic rings. The number of aryl methyl sites for hydroxylation is 1. The average molecular weight is 403 g/mol. The van der Waals surface area contributed by atoms with Gasteiger partial charge >= 0.3 is 0 Å². The van der Waals surface area contributed by atoms with Gasteiger partial charge in [0, 0.05) is 31.8 Å². The van der Waals surface area contributed by atoms with Crippen LogP contribution in [-0.2, 0) is 16.0 Å². The molecule has 0 radical (unpaired) electrons. The lowest BCUT2D eigenvalue weighted by molar-refractivity contribution is -0.125. The third kappa shape index (κ3) is 3.95. The van der Waals surface area contributed by atoms with E-state index in [1.807, 2.05) is 47.4 Å². The molecule has 1 aliphatic carbocycles. The molecule has 1 saturated heterocycles. The molecule has 30 heavy (non-hydrogen) atoms. The average Bonchev–Trinajstić information content (AvgIpc) is 3.31. The molecule has 154 valence electrons. The summed E-state index contributed by atoms with van der Waals surface area (Å²) in [5, 5.41) is 2.78. The Morgan fingerprint density at radius 2 is 1.90 bits per heavy atom. The van der Waals surface area contributed by atoms with E-state index in [0.29, 0.717) is 30.5 Å². The number of hydrogen-bond donors (Lipinski definition) is 1. The normalized spacial score (nSPS) is 25.1. The molecule has 6 heteroatoms. The number of nitrogens with one attached hydrogen (secondary N) is 1. The van der Waals surface area contributed by atoms with Crippen molar-refractivity contribution < 1.29 is 14.3 Å². The molecule has 2 aliphatic heterocycles. The number of likely N-dealkylation sites (tertiary alicyclic amines) is 1. The van der Waals surface area contributed by atoms with Crippen LogP contribution in [0.3, 0.4) is 0 Å².